The molecule has 2 amide bonds. The predicted octanol–water partition coefficient (Wildman–Crippen LogP) is 3.88. The topological polar surface area (TPSA) is 82.4 Å². The predicted molar refractivity (Wildman–Crippen MR) is 106 cm³/mol. The molecule has 0 unspecified atom stereocenters. The zero-order valence-corrected chi connectivity index (χ0v) is 16.5. The SMILES string of the molecule is N#Cc1ccc(CN(CC(F)(F)F)C(=O)COc2cccc(NC(=O)C3CC3)c2)cc1. The Morgan fingerprint density at radius 3 is 2.48 bits per heavy atom. The van der Waals surface area contributed by atoms with Crippen molar-refractivity contribution in [3.05, 3.63) is 59.7 Å². The van der Waals surface area contributed by atoms with Gasteiger partial charge >= 0.3 is 6.18 Å². The third-order valence-electron chi connectivity index (χ3n) is 4.59. The minimum absolute atomic E-state index is 0.0179. The summed E-state index contributed by atoms with van der Waals surface area (Å²) in [7, 11) is 0. The highest BCUT2D eigenvalue weighted by Gasteiger charge is 2.33. The van der Waals surface area contributed by atoms with Crippen LogP contribution in [0.15, 0.2) is 48.5 Å². The van der Waals surface area contributed by atoms with Crippen molar-refractivity contribution in [2.45, 2.75) is 25.6 Å². The summed E-state index contributed by atoms with van der Waals surface area (Å²) in [5.74, 6) is -0.655. The fourth-order valence-corrected chi connectivity index (χ4v) is 2.84. The third-order valence-corrected chi connectivity index (χ3v) is 4.59. The average molecular weight is 431 g/mol. The Hall–Kier alpha value is -3.54. The first kappa shape index (κ1) is 22.2. The van der Waals surface area contributed by atoms with E-state index in [2.05, 4.69) is 5.32 Å². The van der Waals surface area contributed by atoms with E-state index in [0.29, 0.717) is 21.7 Å². The molecule has 0 aromatic heterocycles. The van der Waals surface area contributed by atoms with Gasteiger partial charge in [-0.15, -0.1) is 0 Å². The lowest BCUT2D eigenvalue weighted by Gasteiger charge is -2.24. The Morgan fingerprint density at radius 2 is 1.87 bits per heavy atom. The van der Waals surface area contributed by atoms with Crippen molar-refractivity contribution in [2.24, 2.45) is 5.92 Å². The number of benzene rings is 2. The number of nitriles is 1. The summed E-state index contributed by atoms with van der Waals surface area (Å²) in [5.41, 5.74) is 1.32. The van der Waals surface area contributed by atoms with Gasteiger partial charge < -0.3 is 15.0 Å². The Kier molecular flexibility index (Phi) is 6.80. The second-order valence-corrected chi connectivity index (χ2v) is 7.25. The van der Waals surface area contributed by atoms with Gasteiger partial charge in [0.05, 0.1) is 11.6 Å². The number of rotatable bonds is 8. The average Bonchev–Trinajstić information content (AvgIpc) is 3.57. The highest BCUT2D eigenvalue weighted by molar-refractivity contribution is 5.94. The molecule has 9 heteroatoms. The van der Waals surface area contributed by atoms with Crippen LogP contribution in [0.5, 0.6) is 5.75 Å². The van der Waals surface area contributed by atoms with Crippen molar-refractivity contribution in [1.29, 1.82) is 5.26 Å². The highest BCUT2D eigenvalue weighted by Crippen LogP contribution is 2.30. The van der Waals surface area contributed by atoms with Crippen LogP contribution in [0, 0.1) is 17.2 Å². The fraction of sp³-hybridized carbons (Fsp3) is 0.318. The zero-order chi connectivity index (χ0) is 22.4. The van der Waals surface area contributed by atoms with Gasteiger partial charge in [0.15, 0.2) is 6.61 Å². The molecule has 6 nitrogen and oxygen atoms in total. The quantitative estimate of drug-likeness (QED) is 0.688. The van der Waals surface area contributed by atoms with E-state index in [-0.39, 0.29) is 24.1 Å². The summed E-state index contributed by atoms with van der Waals surface area (Å²) in [6, 6.07) is 14.2. The Balaban J connectivity index is 1.62. The number of nitrogens with one attached hydrogen (secondary N) is 1. The Labute approximate surface area is 177 Å². The van der Waals surface area contributed by atoms with Crippen molar-refractivity contribution in [1.82, 2.24) is 4.90 Å². The van der Waals surface area contributed by atoms with E-state index >= 15 is 0 Å². The summed E-state index contributed by atoms with van der Waals surface area (Å²) in [6.45, 7) is -2.29. The van der Waals surface area contributed by atoms with Crippen molar-refractivity contribution in [3.63, 3.8) is 0 Å². The van der Waals surface area contributed by atoms with E-state index in [0.717, 1.165) is 12.8 Å². The van der Waals surface area contributed by atoms with Crippen molar-refractivity contribution < 1.29 is 27.5 Å². The van der Waals surface area contributed by atoms with Crippen LogP contribution in [-0.2, 0) is 16.1 Å². The van der Waals surface area contributed by atoms with E-state index in [9.17, 15) is 22.8 Å². The molecule has 3 rings (SSSR count). The monoisotopic (exact) mass is 431 g/mol. The number of anilines is 1. The molecule has 0 saturated heterocycles. The molecule has 0 spiro atoms. The maximum atomic E-state index is 13.0. The van der Waals surface area contributed by atoms with Crippen LogP contribution in [0.2, 0.25) is 0 Å². The van der Waals surface area contributed by atoms with Gasteiger partial charge in [-0.25, -0.2) is 0 Å². The van der Waals surface area contributed by atoms with Crippen LogP contribution in [0.1, 0.15) is 24.0 Å². The van der Waals surface area contributed by atoms with Gasteiger partial charge in [-0.3, -0.25) is 9.59 Å². The summed E-state index contributed by atoms with van der Waals surface area (Å²) < 4.78 is 44.3. The molecule has 0 atom stereocenters. The number of carbonyl (C=O) groups excluding carboxylic acids is 2. The van der Waals surface area contributed by atoms with Crippen LogP contribution in [0.3, 0.4) is 0 Å². The number of halogens is 3. The fourth-order valence-electron chi connectivity index (χ4n) is 2.84. The maximum Gasteiger partial charge on any atom is 0.406 e. The lowest BCUT2D eigenvalue weighted by molar-refractivity contribution is -0.163. The summed E-state index contributed by atoms with van der Waals surface area (Å²) in [5, 5.41) is 11.6. The van der Waals surface area contributed by atoms with Gasteiger partial charge in [0.25, 0.3) is 5.91 Å². The first-order valence-electron chi connectivity index (χ1n) is 9.61. The van der Waals surface area contributed by atoms with Gasteiger partial charge in [-0.2, -0.15) is 18.4 Å². The molecule has 0 heterocycles. The number of ether oxygens (including phenoxy) is 1. The highest BCUT2D eigenvalue weighted by atomic mass is 19.4. The number of alkyl halides is 3. The lowest BCUT2D eigenvalue weighted by Crippen LogP contribution is -2.41. The Bertz CT molecular complexity index is 980. The van der Waals surface area contributed by atoms with Gasteiger partial charge in [0.2, 0.25) is 5.91 Å². The van der Waals surface area contributed by atoms with E-state index < -0.39 is 25.2 Å². The lowest BCUT2D eigenvalue weighted by atomic mass is 10.1. The summed E-state index contributed by atoms with van der Waals surface area (Å²) in [6.07, 6.45) is -2.87. The van der Waals surface area contributed by atoms with Gasteiger partial charge in [-0.1, -0.05) is 18.2 Å². The second-order valence-electron chi connectivity index (χ2n) is 7.25. The van der Waals surface area contributed by atoms with Crippen LogP contribution >= 0.6 is 0 Å². The molecule has 0 aliphatic heterocycles. The first-order valence-corrected chi connectivity index (χ1v) is 9.61. The van der Waals surface area contributed by atoms with Crippen molar-refractivity contribution in [3.8, 4) is 11.8 Å². The molecule has 1 saturated carbocycles. The number of hydrogen-bond acceptors (Lipinski definition) is 4. The smallest absolute Gasteiger partial charge is 0.406 e. The van der Waals surface area contributed by atoms with E-state index in [1.807, 2.05) is 6.07 Å². The molecular weight excluding hydrogens is 411 g/mol. The van der Waals surface area contributed by atoms with Crippen LogP contribution in [0.25, 0.3) is 0 Å². The molecule has 2 aromatic carbocycles. The first-order chi connectivity index (χ1) is 14.7. The molecule has 1 fully saturated rings. The summed E-state index contributed by atoms with van der Waals surface area (Å²) >= 11 is 0. The second kappa shape index (κ2) is 9.51. The molecule has 1 aliphatic carbocycles. The van der Waals surface area contributed by atoms with E-state index in [4.69, 9.17) is 10.00 Å². The molecule has 1 N–H and O–H groups in total. The minimum atomic E-state index is -4.57. The maximum absolute atomic E-state index is 13.0. The number of hydrogen-bond donors (Lipinski definition) is 1. The number of amides is 2. The van der Waals surface area contributed by atoms with E-state index in [1.54, 1.807) is 18.2 Å². The van der Waals surface area contributed by atoms with Crippen molar-refractivity contribution >= 4 is 17.5 Å². The number of carbonyl (C=O) groups is 2. The minimum Gasteiger partial charge on any atom is -0.484 e. The molecule has 0 radical (unpaired) electrons. The van der Waals surface area contributed by atoms with Gasteiger partial charge in [-0.05, 0) is 42.7 Å². The standard InChI is InChI=1S/C22H20F3N3O3/c23-22(24,25)14-28(12-16-6-4-15(11-26)5-7-16)20(29)13-31-19-3-1-2-18(10-19)27-21(30)17-8-9-17/h1-7,10,17H,8-9,12-14H2,(H,27,30). The molecule has 1 aliphatic rings. The largest absolute Gasteiger partial charge is 0.484 e. The Morgan fingerprint density at radius 1 is 1.16 bits per heavy atom. The normalized spacial score (nSPS) is 13.2. The third kappa shape index (κ3) is 7.03. The van der Waals surface area contributed by atoms with Crippen molar-refractivity contribution in [2.75, 3.05) is 18.5 Å². The molecule has 162 valence electrons. The molecular formula is C22H20F3N3O3. The van der Waals surface area contributed by atoms with Gasteiger partial charge in [0.1, 0.15) is 12.3 Å². The van der Waals surface area contributed by atoms with Gasteiger partial charge in [0, 0.05) is 24.2 Å². The summed E-state index contributed by atoms with van der Waals surface area (Å²) in [4.78, 5) is 25.0. The zero-order valence-electron chi connectivity index (χ0n) is 16.5. The van der Waals surface area contributed by atoms with Crippen LogP contribution < -0.4 is 10.1 Å². The molecule has 31 heavy (non-hydrogen) atoms. The van der Waals surface area contributed by atoms with Crippen LogP contribution in [0.4, 0.5) is 18.9 Å². The van der Waals surface area contributed by atoms with Crippen LogP contribution in [-0.4, -0.2) is 36.0 Å². The number of nitrogens with zero attached hydrogens (tertiary/aromatic N) is 2. The molecule has 0 bridgehead atoms. The van der Waals surface area contributed by atoms with E-state index in [1.165, 1.54) is 30.3 Å². The molecule has 2 aromatic rings.